The molecule has 0 bridgehead atoms. The van der Waals surface area contributed by atoms with Crippen LogP contribution in [0.1, 0.15) is 24.8 Å². The second kappa shape index (κ2) is 7.22. The van der Waals surface area contributed by atoms with Crippen molar-refractivity contribution in [2.75, 3.05) is 25.0 Å². The van der Waals surface area contributed by atoms with Gasteiger partial charge in [-0.15, -0.1) is 0 Å². The zero-order valence-electron chi connectivity index (χ0n) is 12.3. The van der Waals surface area contributed by atoms with E-state index in [2.05, 4.69) is 10.2 Å². The van der Waals surface area contributed by atoms with E-state index in [1.54, 1.807) is 0 Å². The SMILES string of the molecule is Cc1ccccc1NC(=O)CN1CCC(CC(=O)O)CC1. The number of benzene rings is 1. The van der Waals surface area contributed by atoms with Gasteiger partial charge in [0.1, 0.15) is 0 Å². The summed E-state index contributed by atoms with van der Waals surface area (Å²) in [5, 5.41) is 11.7. The predicted octanol–water partition coefficient (Wildman–Crippen LogP) is 2.12. The lowest BCUT2D eigenvalue weighted by Crippen LogP contribution is -2.39. The number of hydrogen-bond acceptors (Lipinski definition) is 3. The van der Waals surface area contributed by atoms with Crippen LogP contribution >= 0.6 is 0 Å². The zero-order valence-corrected chi connectivity index (χ0v) is 12.3. The number of aryl methyl sites for hydroxylation is 1. The topological polar surface area (TPSA) is 69.6 Å². The maximum atomic E-state index is 12.0. The van der Waals surface area contributed by atoms with Crippen LogP contribution in [-0.2, 0) is 9.59 Å². The van der Waals surface area contributed by atoms with E-state index < -0.39 is 5.97 Å². The van der Waals surface area contributed by atoms with Crippen molar-refractivity contribution in [2.24, 2.45) is 5.92 Å². The first-order valence-corrected chi connectivity index (χ1v) is 7.34. The molecule has 2 rings (SSSR count). The quantitative estimate of drug-likeness (QED) is 0.871. The zero-order chi connectivity index (χ0) is 15.2. The minimum absolute atomic E-state index is 0.0130. The number of likely N-dealkylation sites (tertiary alicyclic amines) is 1. The fourth-order valence-corrected chi connectivity index (χ4v) is 2.70. The van der Waals surface area contributed by atoms with Crippen molar-refractivity contribution in [3.63, 3.8) is 0 Å². The molecule has 1 heterocycles. The third-order valence-electron chi connectivity index (χ3n) is 3.96. The van der Waals surface area contributed by atoms with Crippen LogP contribution in [0.2, 0.25) is 0 Å². The van der Waals surface area contributed by atoms with E-state index in [4.69, 9.17) is 5.11 Å². The third-order valence-corrected chi connectivity index (χ3v) is 3.96. The van der Waals surface area contributed by atoms with Gasteiger partial charge in [-0.2, -0.15) is 0 Å². The summed E-state index contributed by atoms with van der Waals surface area (Å²) in [6.45, 7) is 3.92. The number of nitrogens with one attached hydrogen (secondary N) is 1. The van der Waals surface area contributed by atoms with E-state index in [1.807, 2.05) is 31.2 Å². The summed E-state index contributed by atoms with van der Waals surface area (Å²) >= 11 is 0. The second-order valence-electron chi connectivity index (χ2n) is 5.68. The van der Waals surface area contributed by atoms with Gasteiger partial charge in [0.15, 0.2) is 0 Å². The number of carbonyl (C=O) groups is 2. The predicted molar refractivity (Wildman–Crippen MR) is 81.2 cm³/mol. The van der Waals surface area contributed by atoms with Gasteiger partial charge in [0.2, 0.25) is 5.91 Å². The van der Waals surface area contributed by atoms with Gasteiger partial charge in [-0.3, -0.25) is 14.5 Å². The van der Waals surface area contributed by atoms with Gasteiger partial charge in [0, 0.05) is 12.1 Å². The first-order chi connectivity index (χ1) is 10.0. The molecular formula is C16H22N2O3. The van der Waals surface area contributed by atoms with Gasteiger partial charge < -0.3 is 10.4 Å². The molecule has 5 heteroatoms. The molecule has 0 spiro atoms. The average Bonchev–Trinajstić information content (AvgIpc) is 2.43. The maximum Gasteiger partial charge on any atom is 0.303 e. The molecule has 2 N–H and O–H groups in total. The summed E-state index contributed by atoms with van der Waals surface area (Å²) in [5.74, 6) is -0.495. The van der Waals surface area contributed by atoms with E-state index in [1.165, 1.54) is 0 Å². The Bertz CT molecular complexity index is 508. The molecule has 1 aromatic carbocycles. The van der Waals surface area contributed by atoms with Crippen molar-refractivity contribution >= 4 is 17.6 Å². The highest BCUT2D eigenvalue weighted by Crippen LogP contribution is 2.20. The first kappa shape index (κ1) is 15.5. The summed E-state index contributed by atoms with van der Waals surface area (Å²) in [4.78, 5) is 24.8. The first-order valence-electron chi connectivity index (χ1n) is 7.34. The average molecular weight is 290 g/mol. The summed E-state index contributed by atoms with van der Waals surface area (Å²) in [7, 11) is 0. The van der Waals surface area contributed by atoms with Crippen molar-refractivity contribution in [3.8, 4) is 0 Å². The standard InChI is InChI=1S/C16H22N2O3/c1-12-4-2-3-5-14(12)17-15(19)11-18-8-6-13(7-9-18)10-16(20)21/h2-5,13H,6-11H2,1H3,(H,17,19)(H,20,21). The Morgan fingerprint density at radius 1 is 1.29 bits per heavy atom. The number of rotatable bonds is 5. The Morgan fingerprint density at radius 2 is 1.95 bits per heavy atom. The van der Waals surface area contributed by atoms with Crippen molar-refractivity contribution in [1.82, 2.24) is 4.90 Å². The van der Waals surface area contributed by atoms with Crippen molar-refractivity contribution in [2.45, 2.75) is 26.2 Å². The smallest absolute Gasteiger partial charge is 0.303 e. The van der Waals surface area contributed by atoms with E-state index in [0.717, 1.165) is 37.2 Å². The lowest BCUT2D eigenvalue weighted by molar-refractivity contribution is -0.138. The van der Waals surface area contributed by atoms with E-state index in [-0.39, 0.29) is 18.2 Å². The highest BCUT2D eigenvalue weighted by Gasteiger charge is 2.22. The number of piperidine rings is 1. The number of amides is 1. The Labute approximate surface area is 125 Å². The molecule has 1 aliphatic rings. The molecule has 0 radical (unpaired) electrons. The number of para-hydroxylation sites is 1. The fraction of sp³-hybridized carbons (Fsp3) is 0.500. The lowest BCUT2D eigenvalue weighted by atomic mass is 9.94. The number of nitrogens with zero attached hydrogens (tertiary/aromatic N) is 1. The number of hydrogen-bond donors (Lipinski definition) is 2. The van der Waals surface area contributed by atoms with Crippen LogP contribution in [0.3, 0.4) is 0 Å². The molecule has 1 amide bonds. The molecule has 5 nitrogen and oxygen atoms in total. The van der Waals surface area contributed by atoms with Gasteiger partial charge in [-0.05, 0) is 50.4 Å². The normalized spacial score (nSPS) is 16.6. The third kappa shape index (κ3) is 4.86. The number of anilines is 1. The summed E-state index contributed by atoms with van der Waals surface area (Å²) in [5.41, 5.74) is 1.90. The Hall–Kier alpha value is -1.88. The van der Waals surface area contributed by atoms with Gasteiger partial charge in [0.25, 0.3) is 0 Å². The van der Waals surface area contributed by atoms with Crippen molar-refractivity contribution in [3.05, 3.63) is 29.8 Å². The van der Waals surface area contributed by atoms with Crippen LogP contribution < -0.4 is 5.32 Å². The van der Waals surface area contributed by atoms with Crippen LogP contribution in [0.15, 0.2) is 24.3 Å². The van der Waals surface area contributed by atoms with E-state index in [9.17, 15) is 9.59 Å². The molecular weight excluding hydrogens is 268 g/mol. The molecule has 1 saturated heterocycles. The van der Waals surface area contributed by atoms with Gasteiger partial charge in [-0.1, -0.05) is 18.2 Å². The molecule has 1 fully saturated rings. The molecule has 0 saturated carbocycles. The molecule has 1 aromatic rings. The van der Waals surface area contributed by atoms with E-state index >= 15 is 0 Å². The number of carbonyl (C=O) groups excluding carboxylic acids is 1. The molecule has 0 unspecified atom stereocenters. The minimum Gasteiger partial charge on any atom is -0.481 e. The summed E-state index contributed by atoms with van der Waals surface area (Å²) < 4.78 is 0. The monoisotopic (exact) mass is 290 g/mol. The van der Waals surface area contributed by atoms with Gasteiger partial charge in [0.05, 0.1) is 6.54 Å². The van der Waals surface area contributed by atoms with Gasteiger partial charge in [-0.25, -0.2) is 0 Å². The number of carboxylic acids is 1. The maximum absolute atomic E-state index is 12.0. The Morgan fingerprint density at radius 3 is 2.57 bits per heavy atom. The van der Waals surface area contributed by atoms with Crippen LogP contribution in [0, 0.1) is 12.8 Å². The molecule has 1 aliphatic heterocycles. The number of carboxylic acid groups (broad SMARTS) is 1. The molecule has 0 aromatic heterocycles. The Balaban J connectivity index is 1.77. The highest BCUT2D eigenvalue weighted by molar-refractivity contribution is 5.92. The highest BCUT2D eigenvalue weighted by atomic mass is 16.4. The fourth-order valence-electron chi connectivity index (χ4n) is 2.70. The van der Waals surface area contributed by atoms with Crippen LogP contribution in [0.5, 0.6) is 0 Å². The molecule has 0 aliphatic carbocycles. The van der Waals surface area contributed by atoms with Crippen molar-refractivity contribution < 1.29 is 14.7 Å². The Kier molecular flexibility index (Phi) is 5.33. The molecule has 114 valence electrons. The van der Waals surface area contributed by atoms with Crippen LogP contribution in [0.4, 0.5) is 5.69 Å². The van der Waals surface area contributed by atoms with E-state index in [0.29, 0.717) is 6.54 Å². The minimum atomic E-state index is -0.731. The van der Waals surface area contributed by atoms with Gasteiger partial charge >= 0.3 is 5.97 Å². The molecule has 0 atom stereocenters. The van der Waals surface area contributed by atoms with Crippen molar-refractivity contribution in [1.29, 1.82) is 0 Å². The second-order valence-corrected chi connectivity index (χ2v) is 5.68. The number of aliphatic carboxylic acids is 1. The van der Waals surface area contributed by atoms with Crippen LogP contribution in [0.25, 0.3) is 0 Å². The summed E-state index contributed by atoms with van der Waals surface area (Å²) in [6.07, 6.45) is 1.94. The lowest BCUT2D eigenvalue weighted by Gasteiger charge is -2.30. The molecule has 21 heavy (non-hydrogen) atoms. The largest absolute Gasteiger partial charge is 0.481 e. The van der Waals surface area contributed by atoms with Crippen LogP contribution in [-0.4, -0.2) is 41.5 Å². The summed E-state index contributed by atoms with van der Waals surface area (Å²) in [6, 6.07) is 7.71.